The van der Waals surface area contributed by atoms with E-state index in [0.29, 0.717) is 25.3 Å². The normalized spacial score (nSPS) is 17.4. The Morgan fingerprint density at radius 1 is 0.887 bits per heavy atom. The van der Waals surface area contributed by atoms with E-state index in [-0.39, 0.29) is 37.3 Å². The monoisotopic (exact) mass is 729 g/mol. The lowest BCUT2D eigenvalue weighted by molar-refractivity contribution is -0.131. The zero-order valence-electron chi connectivity index (χ0n) is 32.0. The lowest BCUT2D eigenvalue weighted by atomic mass is 9.95. The number of carbonyl (C=O) groups excluding carboxylic acids is 4. The highest BCUT2D eigenvalue weighted by atomic mass is 16.5. The molecular weight excluding hydrogens is 670 g/mol. The number of ether oxygens (including phenoxy) is 1. The number of benzene rings is 3. The molecule has 1 heterocycles. The van der Waals surface area contributed by atoms with Gasteiger partial charge in [-0.3, -0.25) is 14.4 Å². The Morgan fingerprint density at radius 3 is 2.28 bits per heavy atom. The number of aliphatic hydroxyl groups is 1. The maximum absolute atomic E-state index is 14.3. The van der Waals surface area contributed by atoms with Gasteiger partial charge in [-0.25, -0.2) is 4.79 Å². The molecule has 3 aromatic rings. The van der Waals surface area contributed by atoms with Gasteiger partial charge in [0, 0.05) is 19.0 Å². The highest BCUT2D eigenvalue weighted by Gasteiger charge is 2.34. The van der Waals surface area contributed by atoms with E-state index in [1.165, 1.54) is 0 Å². The van der Waals surface area contributed by atoms with E-state index in [0.717, 1.165) is 47.7 Å². The molecule has 6 atom stereocenters. The first-order valence-corrected chi connectivity index (χ1v) is 19.1. The van der Waals surface area contributed by atoms with E-state index in [2.05, 4.69) is 33.1 Å². The van der Waals surface area contributed by atoms with Gasteiger partial charge >= 0.3 is 6.09 Å². The maximum atomic E-state index is 14.3. The highest BCUT2D eigenvalue weighted by Crippen LogP contribution is 2.22. The molecule has 4 rings (SSSR count). The number of aliphatic hydroxyl groups excluding tert-OH is 1. The Bertz CT molecular complexity index is 1630. The fourth-order valence-corrected chi connectivity index (χ4v) is 6.80. The first kappa shape index (κ1) is 41.3. The third-order valence-electron chi connectivity index (χ3n) is 10.2. The van der Waals surface area contributed by atoms with Crippen LogP contribution in [-0.2, 0) is 32.1 Å². The van der Waals surface area contributed by atoms with Gasteiger partial charge in [0.25, 0.3) is 0 Å². The zero-order valence-corrected chi connectivity index (χ0v) is 32.0. The topological polar surface area (TPSA) is 149 Å². The molecule has 1 aliphatic rings. The maximum Gasteiger partial charge on any atom is 0.408 e. The van der Waals surface area contributed by atoms with Crippen molar-refractivity contribution in [2.45, 2.75) is 110 Å². The smallest absolute Gasteiger partial charge is 0.408 e. The number of likely N-dealkylation sites (tertiary alicyclic amines) is 1. The lowest BCUT2D eigenvalue weighted by Gasteiger charge is -2.31. The van der Waals surface area contributed by atoms with Crippen LogP contribution >= 0.6 is 0 Å². The third kappa shape index (κ3) is 13.2. The number of nitrogens with zero attached hydrogens (tertiary/aromatic N) is 1. The van der Waals surface area contributed by atoms with Gasteiger partial charge in [0.15, 0.2) is 0 Å². The summed E-state index contributed by atoms with van der Waals surface area (Å²) in [7, 11) is 2.01. The van der Waals surface area contributed by atoms with Crippen LogP contribution in [-0.4, -0.2) is 84.2 Å². The summed E-state index contributed by atoms with van der Waals surface area (Å²) in [6, 6.07) is 20.3. The highest BCUT2D eigenvalue weighted by molar-refractivity contribution is 5.93. The van der Waals surface area contributed by atoms with Crippen molar-refractivity contribution in [2.75, 3.05) is 20.1 Å². The average Bonchev–Trinajstić information content (AvgIpc) is 3.55. The second-order valence-electron chi connectivity index (χ2n) is 15.0. The Kier molecular flexibility index (Phi) is 16.1. The summed E-state index contributed by atoms with van der Waals surface area (Å²) in [5, 5.41) is 24.8. The van der Waals surface area contributed by atoms with Crippen LogP contribution in [0.15, 0.2) is 72.8 Å². The summed E-state index contributed by atoms with van der Waals surface area (Å²) in [5.41, 5.74) is 1.66. The number of hydrogen-bond donors (Lipinski definition) is 5. The molecule has 0 aromatic heterocycles. The molecule has 0 saturated carbocycles. The Balaban J connectivity index is 1.55. The number of amides is 4. The third-order valence-corrected chi connectivity index (χ3v) is 10.2. The zero-order chi connectivity index (χ0) is 38.3. The molecule has 0 radical (unpaired) electrons. The molecule has 1 fully saturated rings. The second kappa shape index (κ2) is 20.7. The van der Waals surface area contributed by atoms with E-state index in [9.17, 15) is 24.3 Å². The molecular formula is C42H59N5O6. The summed E-state index contributed by atoms with van der Waals surface area (Å²) in [6.07, 6.45) is 1.68. The lowest BCUT2D eigenvalue weighted by Crippen LogP contribution is -2.58. The SMILES string of the molecule is CCC(C)CNC(=O)CC(O)C(CC(C)C)NC(=O)[C@H](CC1CCCN1C)NC(=O)[C@H](Cc1cccc2ccccc12)NC(=O)OCc1ccccc1. The molecule has 0 aliphatic carbocycles. The molecule has 0 bridgehead atoms. The second-order valence-corrected chi connectivity index (χ2v) is 15.0. The fraction of sp³-hybridized carbons (Fsp3) is 0.524. The van der Waals surface area contributed by atoms with Crippen molar-refractivity contribution in [3.8, 4) is 0 Å². The number of nitrogens with one attached hydrogen (secondary N) is 4. The van der Waals surface area contributed by atoms with Crippen LogP contribution < -0.4 is 21.3 Å². The van der Waals surface area contributed by atoms with Crippen molar-refractivity contribution in [2.24, 2.45) is 11.8 Å². The quantitative estimate of drug-likeness (QED) is 0.115. The van der Waals surface area contributed by atoms with Crippen LogP contribution in [0.2, 0.25) is 0 Å². The van der Waals surface area contributed by atoms with Crippen LogP contribution in [0.25, 0.3) is 10.8 Å². The number of carbonyl (C=O) groups is 4. The summed E-state index contributed by atoms with van der Waals surface area (Å²) in [4.78, 5) is 56.5. The van der Waals surface area contributed by atoms with E-state index in [1.807, 2.05) is 101 Å². The summed E-state index contributed by atoms with van der Waals surface area (Å²) >= 11 is 0. The number of rotatable bonds is 19. The molecule has 53 heavy (non-hydrogen) atoms. The first-order chi connectivity index (χ1) is 25.4. The average molecular weight is 730 g/mol. The van der Waals surface area contributed by atoms with E-state index in [4.69, 9.17) is 4.74 Å². The van der Waals surface area contributed by atoms with Gasteiger partial charge in [0.1, 0.15) is 18.7 Å². The minimum atomic E-state index is -1.12. The molecule has 4 unspecified atom stereocenters. The van der Waals surface area contributed by atoms with Crippen LogP contribution in [0, 0.1) is 11.8 Å². The number of fused-ring (bicyclic) bond motifs is 1. The van der Waals surface area contributed by atoms with Crippen LogP contribution in [0.5, 0.6) is 0 Å². The molecule has 4 amide bonds. The van der Waals surface area contributed by atoms with Gasteiger partial charge in [-0.05, 0) is 73.0 Å². The van der Waals surface area contributed by atoms with Crippen LogP contribution in [0.4, 0.5) is 4.79 Å². The largest absolute Gasteiger partial charge is 0.445 e. The summed E-state index contributed by atoms with van der Waals surface area (Å²) in [6.45, 7) is 9.50. The van der Waals surface area contributed by atoms with E-state index in [1.54, 1.807) is 0 Å². The van der Waals surface area contributed by atoms with Gasteiger partial charge in [0.05, 0.1) is 18.6 Å². The molecule has 3 aromatic carbocycles. The summed E-state index contributed by atoms with van der Waals surface area (Å²) in [5.74, 6) is -0.826. The Labute approximate surface area is 314 Å². The van der Waals surface area contributed by atoms with E-state index < -0.39 is 42.1 Å². The van der Waals surface area contributed by atoms with Crippen molar-refractivity contribution in [1.29, 1.82) is 0 Å². The van der Waals surface area contributed by atoms with Gasteiger partial charge in [-0.1, -0.05) is 107 Å². The number of alkyl carbamates (subject to hydrolysis) is 1. The van der Waals surface area contributed by atoms with Gasteiger partial charge < -0.3 is 36.0 Å². The number of hydrogen-bond acceptors (Lipinski definition) is 7. The Hall–Kier alpha value is -4.48. The Morgan fingerprint density at radius 2 is 1.58 bits per heavy atom. The molecule has 288 valence electrons. The predicted octanol–water partition coefficient (Wildman–Crippen LogP) is 5.09. The van der Waals surface area contributed by atoms with Crippen molar-refractivity contribution in [1.82, 2.24) is 26.2 Å². The van der Waals surface area contributed by atoms with Crippen LogP contribution in [0.3, 0.4) is 0 Å². The van der Waals surface area contributed by atoms with E-state index >= 15 is 0 Å². The standard InChI is InChI=1S/C42H59N5O6/c1-6-29(4)26-43-39(49)25-38(48)35(22-28(2)3)44-41(51)37(24-33-19-13-21-47(33)5)45-40(50)36(46-42(52)53-27-30-14-8-7-9-15-30)23-32-18-12-17-31-16-10-11-20-34(31)32/h7-12,14-18,20,28-29,33,35-38,48H,6,13,19,21-27H2,1-5H3,(H,43,49)(H,44,51)(H,45,50)(H,46,52)/t29?,33?,35?,36-,37-,38?/m0/s1. The molecule has 11 nitrogen and oxygen atoms in total. The van der Waals surface area contributed by atoms with Crippen molar-refractivity contribution in [3.63, 3.8) is 0 Å². The van der Waals surface area contributed by atoms with Gasteiger partial charge in [-0.2, -0.15) is 0 Å². The van der Waals surface area contributed by atoms with Gasteiger partial charge in [-0.15, -0.1) is 0 Å². The molecule has 5 N–H and O–H groups in total. The minimum Gasteiger partial charge on any atom is -0.445 e. The van der Waals surface area contributed by atoms with Gasteiger partial charge in [0.2, 0.25) is 17.7 Å². The predicted molar refractivity (Wildman–Crippen MR) is 208 cm³/mol. The molecule has 1 saturated heterocycles. The summed E-state index contributed by atoms with van der Waals surface area (Å²) < 4.78 is 5.52. The first-order valence-electron chi connectivity index (χ1n) is 19.1. The fourth-order valence-electron chi connectivity index (χ4n) is 6.80. The molecule has 11 heteroatoms. The molecule has 1 aliphatic heterocycles. The molecule has 0 spiro atoms. The van der Waals surface area contributed by atoms with Crippen molar-refractivity contribution < 1.29 is 29.0 Å². The minimum absolute atomic E-state index is 0.0313. The van der Waals surface area contributed by atoms with Crippen molar-refractivity contribution >= 4 is 34.6 Å². The van der Waals surface area contributed by atoms with Crippen molar-refractivity contribution in [3.05, 3.63) is 83.9 Å². The van der Waals surface area contributed by atoms with Crippen LogP contribution in [0.1, 0.15) is 77.3 Å².